The highest BCUT2D eigenvalue weighted by Crippen LogP contribution is 2.34. The number of halogens is 1. The first-order chi connectivity index (χ1) is 16.5. The van der Waals surface area contributed by atoms with E-state index < -0.39 is 15.7 Å². The van der Waals surface area contributed by atoms with Gasteiger partial charge in [-0.25, -0.2) is 27.6 Å². The van der Waals surface area contributed by atoms with Crippen LogP contribution in [-0.4, -0.2) is 74.1 Å². The summed E-state index contributed by atoms with van der Waals surface area (Å²) in [6.07, 6.45) is 1.57. The standard InChI is InChI=1S/C23H29FN4O6S/c1-13(2)33-23(29)28-8-15-10-32-11-16(9-28)20(15)34-22-14(3)21(25-12-26-22)27-19-6-5-17(7-18(19)24)35(4,30)31/h5-7,12-13,15-16,20H,8-11H2,1-4H3,(H,25,26,27). The second kappa shape index (κ2) is 9.94. The number of sulfone groups is 1. The number of piperidine rings is 1. The second-order valence-electron chi connectivity index (χ2n) is 9.17. The normalized spacial score (nSPS) is 22.1. The maximum absolute atomic E-state index is 14.6. The predicted molar refractivity (Wildman–Crippen MR) is 125 cm³/mol. The first kappa shape index (κ1) is 25.1. The molecule has 1 aromatic carbocycles. The molecule has 2 aliphatic heterocycles. The van der Waals surface area contributed by atoms with Gasteiger partial charge in [0.25, 0.3) is 0 Å². The van der Waals surface area contributed by atoms with Gasteiger partial charge in [-0.3, -0.25) is 0 Å². The van der Waals surface area contributed by atoms with Crippen molar-refractivity contribution < 1.29 is 31.8 Å². The molecule has 12 heteroatoms. The van der Waals surface area contributed by atoms with Crippen molar-refractivity contribution in [1.29, 1.82) is 0 Å². The fraction of sp³-hybridized carbons (Fsp3) is 0.522. The Morgan fingerprint density at radius 1 is 1.23 bits per heavy atom. The molecule has 1 aromatic heterocycles. The van der Waals surface area contributed by atoms with Crippen molar-refractivity contribution in [3.8, 4) is 5.88 Å². The molecule has 2 atom stereocenters. The number of fused-ring (bicyclic) bond motifs is 2. The van der Waals surface area contributed by atoms with Crippen molar-refractivity contribution >= 4 is 27.4 Å². The minimum Gasteiger partial charge on any atom is -0.473 e. The molecule has 0 spiro atoms. The van der Waals surface area contributed by atoms with Crippen molar-refractivity contribution in [2.75, 3.05) is 37.9 Å². The number of rotatable bonds is 6. The Labute approximate surface area is 203 Å². The van der Waals surface area contributed by atoms with Crippen molar-refractivity contribution in [3.05, 3.63) is 35.9 Å². The largest absolute Gasteiger partial charge is 0.473 e. The molecule has 1 amide bonds. The van der Waals surface area contributed by atoms with Crippen LogP contribution in [0.2, 0.25) is 0 Å². The Morgan fingerprint density at radius 2 is 1.91 bits per heavy atom. The Balaban J connectivity index is 1.50. The summed E-state index contributed by atoms with van der Waals surface area (Å²) >= 11 is 0. The summed E-state index contributed by atoms with van der Waals surface area (Å²) in [7, 11) is -3.53. The van der Waals surface area contributed by atoms with E-state index in [9.17, 15) is 17.6 Å². The number of carbonyl (C=O) groups excluding carboxylic acids is 1. The second-order valence-corrected chi connectivity index (χ2v) is 11.2. The van der Waals surface area contributed by atoms with E-state index in [1.54, 1.807) is 11.8 Å². The minimum atomic E-state index is -3.53. The quantitative estimate of drug-likeness (QED) is 0.628. The SMILES string of the molecule is Cc1c(Nc2ccc(S(C)(=O)=O)cc2F)ncnc1OC1C2COCC1CN(C(=O)OC(C)C)C2. The monoisotopic (exact) mass is 508 g/mol. The molecular formula is C23H29FN4O6S. The van der Waals surface area contributed by atoms with E-state index in [2.05, 4.69) is 15.3 Å². The van der Waals surface area contributed by atoms with Crippen LogP contribution in [0.15, 0.2) is 29.4 Å². The highest BCUT2D eigenvalue weighted by atomic mass is 32.2. The molecule has 3 heterocycles. The summed E-state index contributed by atoms with van der Waals surface area (Å²) in [6.45, 7) is 7.15. The third-order valence-corrected chi connectivity index (χ3v) is 7.12. The van der Waals surface area contributed by atoms with Crippen LogP contribution in [0, 0.1) is 24.6 Å². The molecule has 4 rings (SSSR count). The van der Waals surface area contributed by atoms with Crippen LogP contribution < -0.4 is 10.1 Å². The third kappa shape index (κ3) is 5.64. The van der Waals surface area contributed by atoms with Crippen molar-refractivity contribution in [1.82, 2.24) is 14.9 Å². The number of anilines is 2. The van der Waals surface area contributed by atoms with E-state index in [0.717, 1.165) is 12.3 Å². The molecule has 0 aliphatic carbocycles. The molecular weight excluding hydrogens is 479 g/mol. The molecule has 10 nitrogen and oxygen atoms in total. The lowest BCUT2D eigenvalue weighted by atomic mass is 9.84. The third-order valence-electron chi connectivity index (χ3n) is 6.00. The number of hydrogen-bond acceptors (Lipinski definition) is 9. The number of nitrogens with zero attached hydrogens (tertiary/aromatic N) is 3. The number of carbonyl (C=O) groups is 1. The summed E-state index contributed by atoms with van der Waals surface area (Å²) in [6, 6.07) is 3.64. The zero-order chi connectivity index (χ0) is 25.3. The van der Waals surface area contributed by atoms with Gasteiger partial charge >= 0.3 is 6.09 Å². The van der Waals surface area contributed by atoms with Gasteiger partial charge in [-0.2, -0.15) is 0 Å². The van der Waals surface area contributed by atoms with Crippen LogP contribution in [-0.2, 0) is 19.3 Å². The van der Waals surface area contributed by atoms with Gasteiger partial charge in [-0.05, 0) is 39.0 Å². The van der Waals surface area contributed by atoms with E-state index in [4.69, 9.17) is 14.2 Å². The lowest BCUT2D eigenvalue weighted by Gasteiger charge is -2.46. The van der Waals surface area contributed by atoms with Crippen LogP contribution in [0.5, 0.6) is 5.88 Å². The minimum absolute atomic E-state index is 0.0611. The van der Waals surface area contributed by atoms with Gasteiger partial charge in [0.1, 0.15) is 24.1 Å². The summed E-state index contributed by atoms with van der Waals surface area (Å²) < 4.78 is 55.3. The van der Waals surface area contributed by atoms with Crippen LogP contribution in [0.25, 0.3) is 0 Å². The number of likely N-dealkylation sites (tertiary alicyclic amines) is 1. The highest BCUT2D eigenvalue weighted by Gasteiger charge is 2.44. The zero-order valence-corrected chi connectivity index (χ0v) is 20.8. The number of hydrogen-bond donors (Lipinski definition) is 1. The summed E-state index contributed by atoms with van der Waals surface area (Å²) in [4.78, 5) is 22.5. The van der Waals surface area contributed by atoms with Crippen LogP contribution >= 0.6 is 0 Å². The lowest BCUT2D eigenvalue weighted by molar-refractivity contribution is -0.111. The van der Waals surface area contributed by atoms with E-state index >= 15 is 0 Å². The van der Waals surface area contributed by atoms with E-state index in [1.807, 2.05) is 13.8 Å². The number of amides is 1. The van der Waals surface area contributed by atoms with Gasteiger partial charge in [-0.1, -0.05) is 0 Å². The summed E-state index contributed by atoms with van der Waals surface area (Å²) in [5, 5.41) is 2.89. The van der Waals surface area contributed by atoms with Gasteiger partial charge in [0.05, 0.1) is 35.5 Å². The molecule has 1 N–H and O–H groups in total. The molecule has 190 valence electrons. The Kier molecular flexibility index (Phi) is 7.13. The van der Waals surface area contributed by atoms with Gasteiger partial charge < -0.3 is 24.4 Å². The molecule has 2 bridgehead atoms. The lowest BCUT2D eigenvalue weighted by Crippen LogP contribution is -2.58. The highest BCUT2D eigenvalue weighted by molar-refractivity contribution is 7.90. The first-order valence-corrected chi connectivity index (χ1v) is 13.2. The number of nitrogens with one attached hydrogen (secondary N) is 1. The summed E-state index contributed by atoms with van der Waals surface area (Å²) in [5.74, 6) is -0.167. The smallest absolute Gasteiger partial charge is 0.410 e. The van der Waals surface area contributed by atoms with Crippen molar-refractivity contribution in [3.63, 3.8) is 0 Å². The Morgan fingerprint density at radius 3 is 2.51 bits per heavy atom. The fourth-order valence-corrected chi connectivity index (χ4v) is 4.91. The Hall–Kier alpha value is -2.99. The van der Waals surface area contributed by atoms with Crippen LogP contribution in [0.4, 0.5) is 20.7 Å². The van der Waals surface area contributed by atoms with Gasteiger partial charge in [0, 0.05) is 31.2 Å². The molecule has 2 aromatic rings. The first-order valence-electron chi connectivity index (χ1n) is 11.3. The number of ether oxygens (including phenoxy) is 3. The molecule has 35 heavy (non-hydrogen) atoms. The number of aromatic nitrogens is 2. The van der Waals surface area contributed by atoms with Crippen LogP contribution in [0.3, 0.4) is 0 Å². The van der Waals surface area contributed by atoms with Crippen LogP contribution in [0.1, 0.15) is 19.4 Å². The van der Waals surface area contributed by atoms with Gasteiger partial charge in [-0.15, -0.1) is 0 Å². The van der Waals surface area contributed by atoms with Gasteiger partial charge in [0.2, 0.25) is 5.88 Å². The molecule has 2 fully saturated rings. The molecule has 2 saturated heterocycles. The number of benzene rings is 1. The predicted octanol–water partition coefficient (Wildman–Crippen LogP) is 2.94. The van der Waals surface area contributed by atoms with E-state index in [1.165, 1.54) is 18.5 Å². The topological polar surface area (TPSA) is 120 Å². The summed E-state index contributed by atoms with van der Waals surface area (Å²) in [5.41, 5.74) is 0.645. The van der Waals surface area contributed by atoms with E-state index in [0.29, 0.717) is 43.6 Å². The molecule has 2 aliphatic rings. The average Bonchev–Trinajstić information content (AvgIpc) is 2.76. The maximum atomic E-state index is 14.6. The molecule has 2 unspecified atom stereocenters. The zero-order valence-electron chi connectivity index (χ0n) is 20.0. The van der Waals surface area contributed by atoms with E-state index in [-0.39, 0.29) is 40.7 Å². The van der Waals surface area contributed by atoms with Crippen molar-refractivity contribution in [2.24, 2.45) is 11.8 Å². The van der Waals surface area contributed by atoms with Crippen molar-refractivity contribution in [2.45, 2.75) is 37.9 Å². The molecule has 0 radical (unpaired) electrons. The fourth-order valence-electron chi connectivity index (χ4n) is 4.28. The average molecular weight is 509 g/mol. The molecule has 0 saturated carbocycles. The Bertz CT molecular complexity index is 1190. The maximum Gasteiger partial charge on any atom is 0.410 e. The van der Waals surface area contributed by atoms with Gasteiger partial charge in [0.15, 0.2) is 9.84 Å².